The maximum absolute atomic E-state index is 13.9. The number of halogens is 5. The predicted molar refractivity (Wildman–Crippen MR) is 134 cm³/mol. The van der Waals surface area contributed by atoms with Gasteiger partial charge < -0.3 is 11.1 Å². The lowest BCUT2D eigenvalue weighted by atomic mass is 10.1. The second-order valence-electron chi connectivity index (χ2n) is 8.58. The molecule has 38 heavy (non-hydrogen) atoms. The van der Waals surface area contributed by atoms with E-state index in [2.05, 4.69) is 15.4 Å². The second kappa shape index (κ2) is 7.77. The zero-order valence-electron chi connectivity index (χ0n) is 19.5. The van der Waals surface area contributed by atoms with Gasteiger partial charge in [0.05, 0.1) is 11.4 Å². The van der Waals surface area contributed by atoms with Crippen molar-refractivity contribution < 1.29 is 24.2 Å². The van der Waals surface area contributed by atoms with Crippen LogP contribution in [0.5, 0.6) is 0 Å². The number of pyridine rings is 1. The number of carbonyl (C=O) groups excluding carboxylic acids is 1. The number of amides is 1. The highest BCUT2D eigenvalue weighted by Gasteiger charge is 2.66. The van der Waals surface area contributed by atoms with Gasteiger partial charge in [0.2, 0.25) is 0 Å². The van der Waals surface area contributed by atoms with Crippen LogP contribution in [0.3, 0.4) is 0 Å². The Bertz CT molecular complexity index is 1800. The molecule has 0 aliphatic heterocycles. The SMILES string of the molecule is CC(NC(=O)c1c(N)nn2cccnc12)c1cc2cccc(S(F)(F)(F)(F)F)c2c(=O)n1-c1ccccc1. The number of rotatable bonds is 5. The Morgan fingerprint density at radius 1 is 1.03 bits per heavy atom. The zero-order valence-corrected chi connectivity index (χ0v) is 20.3. The molecule has 3 N–H and O–H groups in total. The highest BCUT2D eigenvalue weighted by molar-refractivity contribution is 8.46. The molecule has 0 aliphatic rings. The van der Waals surface area contributed by atoms with Gasteiger partial charge in [-0.05, 0) is 42.6 Å². The van der Waals surface area contributed by atoms with E-state index in [0.29, 0.717) is 0 Å². The predicted octanol–water partition coefficient (Wildman–Crippen LogP) is 5.76. The summed E-state index contributed by atoms with van der Waals surface area (Å²) in [7, 11) is -10.2. The van der Waals surface area contributed by atoms with Gasteiger partial charge in [0, 0.05) is 23.8 Å². The summed E-state index contributed by atoms with van der Waals surface area (Å²) in [5, 5.41) is 5.15. The van der Waals surface area contributed by atoms with Gasteiger partial charge in [-0.15, -0.1) is 5.10 Å². The van der Waals surface area contributed by atoms with Crippen LogP contribution in [-0.2, 0) is 0 Å². The summed E-state index contributed by atoms with van der Waals surface area (Å²) in [4.78, 5) is 28.5. The summed E-state index contributed by atoms with van der Waals surface area (Å²) in [5.74, 6) is -0.829. The van der Waals surface area contributed by atoms with Crippen molar-refractivity contribution in [3.63, 3.8) is 0 Å². The van der Waals surface area contributed by atoms with Crippen LogP contribution in [0.2, 0.25) is 0 Å². The number of para-hydroxylation sites is 1. The molecule has 3 aromatic heterocycles. The van der Waals surface area contributed by atoms with Crippen LogP contribution in [0.25, 0.3) is 22.1 Å². The molecule has 1 unspecified atom stereocenters. The first-order chi connectivity index (χ1) is 17.7. The summed E-state index contributed by atoms with van der Waals surface area (Å²) >= 11 is 0. The number of nitrogens with two attached hydrogens (primary N) is 1. The molecular weight excluding hydrogens is 531 g/mol. The Kier molecular flexibility index (Phi) is 5.15. The number of aromatic nitrogens is 4. The summed E-state index contributed by atoms with van der Waals surface area (Å²) in [6.45, 7) is 1.49. The Labute approximate surface area is 211 Å². The molecule has 0 saturated heterocycles. The van der Waals surface area contributed by atoms with E-state index >= 15 is 0 Å². The summed E-state index contributed by atoms with van der Waals surface area (Å²) < 4.78 is 71.7. The number of nitrogens with one attached hydrogen (secondary N) is 1. The number of hydrogen-bond donors (Lipinski definition) is 2. The molecule has 0 fully saturated rings. The Morgan fingerprint density at radius 3 is 2.42 bits per heavy atom. The van der Waals surface area contributed by atoms with Crippen LogP contribution < -0.4 is 16.6 Å². The largest absolute Gasteiger partial charge is 0.381 e. The highest BCUT2D eigenvalue weighted by Crippen LogP contribution is 3.02. The number of hydrogen-bond acceptors (Lipinski definition) is 5. The maximum Gasteiger partial charge on any atom is 0.311 e. The van der Waals surface area contributed by atoms with E-state index < -0.39 is 38.0 Å². The Morgan fingerprint density at radius 2 is 1.74 bits per heavy atom. The van der Waals surface area contributed by atoms with Gasteiger partial charge in [-0.2, -0.15) is 0 Å². The molecule has 0 radical (unpaired) electrons. The monoisotopic (exact) mass is 550 g/mol. The molecule has 1 amide bonds. The maximum atomic E-state index is 13.9. The summed E-state index contributed by atoms with van der Waals surface area (Å²) in [5.41, 5.74) is 4.87. The first kappa shape index (κ1) is 25.2. The normalized spacial score (nSPS) is 14.7. The molecule has 5 rings (SSSR count). The number of benzene rings is 2. The summed E-state index contributed by atoms with van der Waals surface area (Å²) in [6.07, 6.45) is 2.97. The smallest absolute Gasteiger partial charge is 0.311 e. The van der Waals surface area contributed by atoms with Crippen molar-refractivity contribution in [2.75, 3.05) is 5.73 Å². The van der Waals surface area contributed by atoms with Crippen molar-refractivity contribution in [3.8, 4) is 5.69 Å². The molecule has 5 aromatic rings. The van der Waals surface area contributed by atoms with Crippen molar-refractivity contribution in [1.29, 1.82) is 0 Å². The summed E-state index contributed by atoms with van der Waals surface area (Å²) in [6, 6.07) is 11.4. The van der Waals surface area contributed by atoms with E-state index in [-0.39, 0.29) is 39.9 Å². The molecule has 198 valence electrons. The average Bonchev–Trinajstić information content (AvgIpc) is 3.18. The first-order valence-corrected chi connectivity index (χ1v) is 13.0. The quantitative estimate of drug-likeness (QED) is 0.271. The van der Waals surface area contributed by atoms with Crippen LogP contribution >= 0.6 is 10.2 Å². The van der Waals surface area contributed by atoms with E-state index in [0.717, 1.165) is 16.7 Å². The molecule has 1 atom stereocenters. The number of nitrogen functional groups attached to an aromatic ring is 1. The number of fused-ring (bicyclic) bond motifs is 2. The fraction of sp³-hybridized carbons (Fsp3) is 0.0833. The molecule has 2 aromatic carbocycles. The van der Waals surface area contributed by atoms with Crippen molar-refractivity contribution >= 4 is 38.4 Å². The minimum Gasteiger partial charge on any atom is -0.381 e. The van der Waals surface area contributed by atoms with Crippen LogP contribution in [0.4, 0.5) is 25.2 Å². The minimum absolute atomic E-state index is 0.0457. The van der Waals surface area contributed by atoms with Crippen molar-refractivity contribution in [3.05, 3.63) is 94.7 Å². The Balaban J connectivity index is 1.71. The van der Waals surface area contributed by atoms with Gasteiger partial charge in [-0.25, -0.2) is 9.50 Å². The van der Waals surface area contributed by atoms with Crippen molar-refractivity contribution in [2.24, 2.45) is 0 Å². The molecule has 0 saturated carbocycles. The van der Waals surface area contributed by atoms with Crippen LogP contribution in [0, 0.1) is 0 Å². The van der Waals surface area contributed by atoms with E-state index in [4.69, 9.17) is 5.73 Å². The molecular formula is C24H19F5N6O2S. The number of nitrogens with zero attached hydrogens (tertiary/aromatic N) is 4. The van der Waals surface area contributed by atoms with E-state index in [1.807, 2.05) is 0 Å². The average molecular weight is 551 g/mol. The van der Waals surface area contributed by atoms with Crippen LogP contribution in [0.15, 0.2) is 82.7 Å². The third kappa shape index (κ3) is 4.32. The van der Waals surface area contributed by atoms with Gasteiger partial charge in [-0.1, -0.05) is 49.8 Å². The van der Waals surface area contributed by atoms with Crippen LogP contribution in [-0.4, -0.2) is 25.1 Å². The van der Waals surface area contributed by atoms with Gasteiger partial charge in [0.25, 0.3) is 11.5 Å². The molecule has 0 spiro atoms. The van der Waals surface area contributed by atoms with Gasteiger partial charge in [0.1, 0.15) is 10.5 Å². The van der Waals surface area contributed by atoms with Crippen molar-refractivity contribution in [2.45, 2.75) is 17.9 Å². The number of anilines is 1. The third-order valence-corrected chi connectivity index (χ3v) is 7.08. The third-order valence-electron chi connectivity index (χ3n) is 5.91. The topological polar surface area (TPSA) is 107 Å². The fourth-order valence-electron chi connectivity index (χ4n) is 4.30. The van der Waals surface area contributed by atoms with Gasteiger partial charge >= 0.3 is 10.2 Å². The lowest BCUT2D eigenvalue weighted by molar-refractivity contribution is 0.0941. The van der Waals surface area contributed by atoms with Crippen molar-refractivity contribution in [1.82, 2.24) is 24.5 Å². The van der Waals surface area contributed by atoms with Gasteiger partial charge in [0.15, 0.2) is 11.5 Å². The van der Waals surface area contributed by atoms with Gasteiger partial charge in [-0.3, -0.25) is 14.2 Å². The first-order valence-electron chi connectivity index (χ1n) is 11.0. The standard InChI is InChI=1S/C24H19F5N6O2S/c1-14(32-23(36)20-21(30)33-34-12-6-11-31-22(20)34)17-13-15-7-5-10-18(38(25,26,27,28)29)19(15)24(37)35(17)16-8-3-2-4-9-16/h2-14H,1H3,(H2,30,33)(H,32,36). The molecule has 8 nitrogen and oxygen atoms in total. The Hall–Kier alpha value is -4.46. The lowest BCUT2D eigenvalue weighted by Gasteiger charge is -2.41. The fourth-order valence-corrected chi connectivity index (χ4v) is 5.22. The zero-order chi connectivity index (χ0) is 27.5. The van der Waals surface area contributed by atoms with Crippen LogP contribution in [0.1, 0.15) is 29.0 Å². The number of carbonyl (C=O) groups is 1. The molecule has 3 heterocycles. The molecule has 0 bridgehead atoms. The van der Waals surface area contributed by atoms with E-state index in [1.165, 1.54) is 54.2 Å². The molecule has 14 heteroatoms. The minimum atomic E-state index is -10.2. The highest BCUT2D eigenvalue weighted by atomic mass is 32.5. The molecule has 0 aliphatic carbocycles. The lowest BCUT2D eigenvalue weighted by Crippen LogP contribution is -2.32. The van der Waals surface area contributed by atoms with E-state index in [9.17, 15) is 29.0 Å². The van der Waals surface area contributed by atoms with E-state index in [1.54, 1.807) is 12.1 Å². The second-order valence-corrected chi connectivity index (χ2v) is 11.0.